The molecule has 2 N–H and O–H groups in total. The molecule has 0 atom stereocenters. The van der Waals surface area contributed by atoms with Gasteiger partial charge in [-0.1, -0.05) is 38.6 Å². The van der Waals surface area contributed by atoms with Gasteiger partial charge in [0.25, 0.3) is 5.91 Å². The second kappa shape index (κ2) is 8.66. The molecule has 0 aromatic heterocycles. The molecule has 0 saturated carbocycles. The highest BCUT2D eigenvalue weighted by Crippen LogP contribution is 2.36. The first-order valence-electron chi connectivity index (χ1n) is 8.60. The number of hydrogen-bond acceptors (Lipinski definition) is 5. The third kappa shape index (κ3) is 6.34. The second-order valence-electron chi connectivity index (χ2n) is 7.40. The van der Waals surface area contributed by atoms with Crippen LogP contribution in [-0.2, 0) is 19.6 Å². The summed E-state index contributed by atoms with van der Waals surface area (Å²) in [4.78, 5) is 43.7. The van der Waals surface area contributed by atoms with Gasteiger partial charge in [-0.05, 0) is 34.6 Å². The number of benzene rings is 1. The molecule has 1 amide bonds. The Kier molecular flexibility index (Phi) is 6.93. The molecule has 1 aromatic rings. The molecule has 152 valence electrons. The van der Waals surface area contributed by atoms with Gasteiger partial charge in [0.05, 0.1) is 11.1 Å². The Morgan fingerprint density at radius 1 is 1.32 bits per heavy atom. The van der Waals surface area contributed by atoms with Crippen LogP contribution in [0, 0.1) is 0 Å². The zero-order chi connectivity index (χ0) is 21.1. The minimum absolute atomic E-state index is 0.0594. The average molecular weight is 425 g/mol. The van der Waals surface area contributed by atoms with Crippen LogP contribution >= 0.6 is 19.4 Å². The third-order valence-corrected chi connectivity index (χ3v) is 5.49. The monoisotopic (exact) mass is 425 g/mol. The molecule has 9 heteroatoms. The van der Waals surface area contributed by atoms with Gasteiger partial charge in [-0.2, -0.15) is 0 Å². The largest absolute Gasteiger partial charge is 0.426 e. The lowest BCUT2D eigenvalue weighted by Gasteiger charge is -2.24. The van der Waals surface area contributed by atoms with Crippen LogP contribution in [0.3, 0.4) is 0 Å². The van der Waals surface area contributed by atoms with E-state index in [0.29, 0.717) is 10.7 Å². The van der Waals surface area contributed by atoms with Crippen molar-refractivity contribution in [3.63, 3.8) is 0 Å². The number of ether oxygens (including phenoxy) is 1. The number of thioether (sulfide) groups is 1. The van der Waals surface area contributed by atoms with Crippen molar-refractivity contribution in [1.29, 1.82) is 0 Å². The van der Waals surface area contributed by atoms with Crippen molar-refractivity contribution in [2.45, 2.75) is 33.1 Å². The molecule has 0 fully saturated rings. The van der Waals surface area contributed by atoms with Crippen LogP contribution in [0.2, 0.25) is 0 Å². The van der Waals surface area contributed by atoms with Gasteiger partial charge in [0.2, 0.25) is 0 Å². The molecule has 0 spiro atoms. The zero-order valence-electron chi connectivity index (χ0n) is 16.2. The molecule has 0 aliphatic carbocycles. The first kappa shape index (κ1) is 22.4. The van der Waals surface area contributed by atoms with Gasteiger partial charge in [-0.3, -0.25) is 14.2 Å². The summed E-state index contributed by atoms with van der Waals surface area (Å²) in [6, 6.07) is 5.33. The Balaban J connectivity index is 2.31. The summed E-state index contributed by atoms with van der Waals surface area (Å²) in [6.07, 6.45) is 2.84. The summed E-state index contributed by atoms with van der Waals surface area (Å²) in [5.74, 6) is -0.240. The van der Waals surface area contributed by atoms with Crippen LogP contribution in [-0.4, -0.2) is 39.3 Å². The molecule has 0 unspecified atom stereocenters. The van der Waals surface area contributed by atoms with E-state index in [9.17, 15) is 14.2 Å². The molecule has 7 nitrogen and oxygen atoms in total. The number of esters is 1. The maximum atomic E-state index is 12.6. The van der Waals surface area contributed by atoms with Crippen molar-refractivity contribution in [2.75, 3.05) is 12.7 Å². The molecule has 1 heterocycles. The average Bonchev–Trinajstić information content (AvgIpc) is 2.54. The normalized spacial score (nSPS) is 16.6. The fraction of sp³-hybridized carbons (Fsp3) is 0.368. The van der Waals surface area contributed by atoms with E-state index in [4.69, 9.17) is 14.5 Å². The van der Waals surface area contributed by atoms with E-state index in [-0.39, 0.29) is 17.9 Å². The lowest BCUT2D eigenvalue weighted by Crippen LogP contribution is -2.30. The molecule has 0 saturated heterocycles. The summed E-state index contributed by atoms with van der Waals surface area (Å²) in [6.45, 7) is 7.28. The van der Waals surface area contributed by atoms with Crippen LogP contribution < -0.4 is 4.74 Å². The van der Waals surface area contributed by atoms with Crippen molar-refractivity contribution in [2.24, 2.45) is 0 Å². The highest BCUT2D eigenvalue weighted by atomic mass is 32.2. The van der Waals surface area contributed by atoms with Crippen molar-refractivity contribution in [1.82, 2.24) is 4.90 Å². The van der Waals surface area contributed by atoms with E-state index in [1.54, 1.807) is 23.6 Å². The van der Waals surface area contributed by atoms with Crippen LogP contribution in [0.25, 0.3) is 6.08 Å². The van der Waals surface area contributed by atoms with Gasteiger partial charge in [-0.25, -0.2) is 0 Å². The van der Waals surface area contributed by atoms with E-state index in [0.717, 1.165) is 11.1 Å². The summed E-state index contributed by atoms with van der Waals surface area (Å²) in [5, 5.41) is 1.70. The zero-order valence-corrected chi connectivity index (χ0v) is 17.9. The van der Waals surface area contributed by atoms with Gasteiger partial charge >= 0.3 is 13.6 Å². The predicted molar refractivity (Wildman–Crippen MR) is 110 cm³/mol. The number of hydrogen-bond donors (Lipinski definition) is 2. The molecule has 0 bridgehead atoms. The maximum Gasteiger partial charge on any atom is 0.327 e. The van der Waals surface area contributed by atoms with Gasteiger partial charge in [0.15, 0.2) is 0 Å². The van der Waals surface area contributed by atoms with E-state index in [1.807, 2.05) is 26.8 Å². The number of nitrogens with zero attached hydrogens (tertiary/aromatic N) is 1. The molecule has 0 radical (unpaired) electrons. The van der Waals surface area contributed by atoms with Crippen molar-refractivity contribution < 1.29 is 28.7 Å². The first-order valence-corrected chi connectivity index (χ1v) is 11.3. The van der Waals surface area contributed by atoms with E-state index < -0.39 is 19.7 Å². The molecular weight excluding hydrogens is 401 g/mol. The molecule has 1 aliphatic rings. The maximum absolute atomic E-state index is 12.6. The van der Waals surface area contributed by atoms with Crippen LogP contribution in [0.5, 0.6) is 5.75 Å². The fourth-order valence-corrected chi connectivity index (χ4v) is 3.82. The molecule has 2 rings (SSSR count). The van der Waals surface area contributed by atoms with Crippen molar-refractivity contribution in [3.05, 3.63) is 45.8 Å². The van der Waals surface area contributed by atoms with Gasteiger partial charge in [0, 0.05) is 25.2 Å². The van der Waals surface area contributed by atoms with Crippen LogP contribution in [0.1, 0.15) is 38.8 Å². The van der Waals surface area contributed by atoms with E-state index in [1.165, 1.54) is 29.8 Å². The Bertz CT molecular complexity index is 881. The van der Waals surface area contributed by atoms with Crippen LogP contribution in [0.15, 0.2) is 34.7 Å². The SMILES string of the molecule is CC(=O)Oc1ccc(C=C2SC=CN(CCP(=O)(O)O)C2=O)cc1C(C)(C)C. The number of carbonyl (C=O) groups excluding carboxylic acids is 2. The lowest BCUT2D eigenvalue weighted by molar-refractivity contribution is -0.132. The van der Waals surface area contributed by atoms with Gasteiger partial charge in [0.1, 0.15) is 5.75 Å². The third-order valence-electron chi connectivity index (χ3n) is 3.90. The summed E-state index contributed by atoms with van der Waals surface area (Å²) < 4.78 is 16.4. The molecule has 1 aliphatic heterocycles. The predicted octanol–water partition coefficient (Wildman–Crippen LogP) is 3.47. The van der Waals surface area contributed by atoms with Gasteiger partial charge in [-0.15, -0.1) is 0 Å². The van der Waals surface area contributed by atoms with Crippen molar-refractivity contribution in [3.8, 4) is 5.75 Å². The van der Waals surface area contributed by atoms with Crippen LogP contribution in [0.4, 0.5) is 0 Å². The summed E-state index contributed by atoms with van der Waals surface area (Å²) >= 11 is 1.24. The fourth-order valence-electron chi connectivity index (χ4n) is 2.57. The highest BCUT2D eigenvalue weighted by molar-refractivity contribution is 8.06. The Labute approximate surface area is 168 Å². The first-order chi connectivity index (χ1) is 12.9. The summed E-state index contributed by atoms with van der Waals surface area (Å²) in [7, 11) is -4.18. The molecule has 28 heavy (non-hydrogen) atoms. The molecule has 1 aromatic carbocycles. The number of rotatable bonds is 5. The second-order valence-corrected chi connectivity index (χ2v) is 10.1. The van der Waals surface area contributed by atoms with Gasteiger partial charge < -0.3 is 19.4 Å². The van der Waals surface area contributed by atoms with E-state index >= 15 is 0 Å². The Morgan fingerprint density at radius 3 is 2.57 bits per heavy atom. The smallest absolute Gasteiger partial charge is 0.327 e. The highest BCUT2D eigenvalue weighted by Gasteiger charge is 2.24. The lowest BCUT2D eigenvalue weighted by atomic mass is 9.85. The summed E-state index contributed by atoms with van der Waals surface area (Å²) in [5.41, 5.74) is 1.32. The molecular formula is C19H24NO6PS. The Morgan fingerprint density at radius 2 is 2.00 bits per heavy atom. The minimum atomic E-state index is -4.18. The van der Waals surface area contributed by atoms with Crippen molar-refractivity contribution >= 4 is 37.3 Å². The van der Waals surface area contributed by atoms with E-state index in [2.05, 4.69) is 0 Å². The minimum Gasteiger partial charge on any atom is -0.426 e. The number of carbonyl (C=O) groups is 2. The number of amides is 1. The standard InChI is InChI=1S/C19H24NO6PS/c1-13(21)26-16-6-5-14(11-15(16)19(2,3)4)12-17-18(22)20(8-10-28-17)7-9-27(23,24)25/h5-6,8,10-12H,7,9H2,1-4H3,(H2,23,24,25). The topological polar surface area (TPSA) is 104 Å². The quantitative estimate of drug-likeness (QED) is 0.322. The Hall–Kier alpha value is -1.86.